The van der Waals surface area contributed by atoms with Gasteiger partial charge in [0.1, 0.15) is 22.3 Å². The molecular formula is C14H13F2N3S. The van der Waals surface area contributed by atoms with Gasteiger partial charge in [0, 0.05) is 6.20 Å². The van der Waals surface area contributed by atoms with Crippen LogP contribution >= 0.6 is 12.2 Å². The Morgan fingerprint density at radius 2 is 1.90 bits per heavy atom. The molecule has 0 saturated carbocycles. The molecule has 0 unspecified atom stereocenters. The number of aryl methyl sites for hydroxylation is 2. The predicted molar refractivity (Wildman–Crippen MR) is 79.2 cm³/mol. The van der Waals surface area contributed by atoms with E-state index in [0.717, 1.165) is 5.56 Å². The molecule has 1 heterocycles. The number of nitrogens with zero attached hydrogens (tertiary/aromatic N) is 1. The van der Waals surface area contributed by atoms with Crippen LogP contribution < -0.4 is 11.1 Å². The summed E-state index contributed by atoms with van der Waals surface area (Å²) in [6.07, 6.45) is 1.52. The van der Waals surface area contributed by atoms with Crippen molar-refractivity contribution in [3.05, 3.63) is 52.7 Å². The van der Waals surface area contributed by atoms with Gasteiger partial charge in [-0.2, -0.15) is 0 Å². The Kier molecular flexibility index (Phi) is 3.94. The minimum atomic E-state index is -0.703. The lowest BCUT2D eigenvalue weighted by molar-refractivity contribution is 0.584. The highest BCUT2D eigenvalue weighted by Gasteiger charge is 2.16. The van der Waals surface area contributed by atoms with Gasteiger partial charge in [-0.1, -0.05) is 18.3 Å². The molecular weight excluding hydrogens is 280 g/mol. The standard InChI is InChI=1S/C14H13F2N3S/c1-7-5-6-18-14(10(7)13(17)20)19-12-9(15)4-3-8(2)11(12)16/h3-6H,1-2H3,(H2,17,20)(H,18,19). The van der Waals surface area contributed by atoms with Crippen molar-refractivity contribution < 1.29 is 8.78 Å². The summed E-state index contributed by atoms with van der Waals surface area (Å²) >= 11 is 4.96. The third-order valence-corrected chi connectivity index (χ3v) is 3.14. The molecule has 0 aliphatic carbocycles. The first-order valence-electron chi connectivity index (χ1n) is 5.89. The summed E-state index contributed by atoms with van der Waals surface area (Å²) in [5, 5.41) is 2.64. The van der Waals surface area contributed by atoms with Gasteiger partial charge in [-0.15, -0.1) is 0 Å². The number of halogens is 2. The molecule has 3 N–H and O–H groups in total. The molecule has 0 atom stereocenters. The first kappa shape index (κ1) is 14.3. The van der Waals surface area contributed by atoms with E-state index in [1.807, 2.05) is 0 Å². The summed E-state index contributed by atoms with van der Waals surface area (Å²) in [7, 11) is 0. The third-order valence-electron chi connectivity index (χ3n) is 2.93. The molecule has 0 radical (unpaired) electrons. The molecule has 20 heavy (non-hydrogen) atoms. The van der Waals surface area contributed by atoms with Crippen LogP contribution in [0.2, 0.25) is 0 Å². The van der Waals surface area contributed by atoms with Gasteiger partial charge in [0.25, 0.3) is 0 Å². The van der Waals surface area contributed by atoms with Gasteiger partial charge >= 0.3 is 0 Å². The van der Waals surface area contributed by atoms with E-state index in [4.69, 9.17) is 18.0 Å². The molecule has 0 saturated heterocycles. The molecule has 0 aliphatic heterocycles. The average molecular weight is 293 g/mol. The fourth-order valence-corrected chi connectivity index (χ4v) is 2.11. The van der Waals surface area contributed by atoms with Crippen LogP contribution in [0.3, 0.4) is 0 Å². The van der Waals surface area contributed by atoms with Gasteiger partial charge in [0.15, 0.2) is 5.82 Å². The molecule has 1 aromatic carbocycles. The SMILES string of the molecule is Cc1ccc(F)c(Nc2nccc(C)c2C(N)=S)c1F. The number of anilines is 2. The zero-order valence-electron chi connectivity index (χ0n) is 11.0. The second-order valence-corrected chi connectivity index (χ2v) is 4.83. The Morgan fingerprint density at radius 1 is 1.20 bits per heavy atom. The molecule has 2 aromatic rings. The van der Waals surface area contributed by atoms with E-state index in [2.05, 4.69) is 10.3 Å². The molecule has 2 rings (SSSR count). The summed E-state index contributed by atoms with van der Waals surface area (Å²) in [6, 6.07) is 4.29. The number of thiocarbonyl (C=S) groups is 1. The third kappa shape index (κ3) is 2.60. The van der Waals surface area contributed by atoms with E-state index < -0.39 is 11.6 Å². The Bertz CT molecular complexity index is 686. The smallest absolute Gasteiger partial charge is 0.152 e. The van der Waals surface area contributed by atoms with Gasteiger partial charge < -0.3 is 11.1 Å². The summed E-state index contributed by atoms with van der Waals surface area (Å²) in [5.41, 5.74) is 6.96. The Hall–Kier alpha value is -2.08. The fraction of sp³-hybridized carbons (Fsp3) is 0.143. The van der Waals surface area contributed by atoms with E-state index in [9.17, 15) is 8.78 Å². The van der Waals surface area contributed by atoms with E-state index in [0.29, 0.717) is 11.1 Å². The van der Waals surface area contributed by atoms with E-state index in [1.54, 1.807) is 19.9 Å². The van der Waals surface area contributed by atoms with Gasteiger partial charge in [0.05, 0.1) is 5.56 Å². The van der Waals surface area contributed by atoms with Crippen molar-refractivity contribution in [1.82, 2.24) is 4.98 Å². The van der Waals surface area contributed by atoms with Gasteiger partial charge in [-0.25, -0.2) is 13.8 Å². The Morgan fingerprint density at radius 3 is 2.55 bits per heavy atom. The highest BCUT2D eigenvalue weighted by atomic mass is 32.1. The monoisotopic (exact) mass is 293 g/mol. The zero-order chi connectivity index (χ0) is 14.9. The number of aromatic nitrogens is 1. The molecule has 104 valence electrons. The highest BCUT2D eigenvalue weighted by molar-refractivity contribution is 7.80. The zero-order valence-corrected chi connectivity index (χ0v) is 11.8. The Labute approximate surface area is 120 Å². The number of pyridine rings is 1. The summed E-state index contributed by atoms with van der Waals surface area (Å²) in [6.45, 7) is 3.35. The van der Waals surface area contributed by atoms with Crippen LogP contribution in [0.1, 0.15) is 16.7 Å². The number of benzene rings is 1. The number of hydrogen-bond donors (Lipinski definition) is 2. The predicted octanol–water partition coefficient (Wildman–Crippen LogP) is 3.35. The second kappa shape index (κ2) is 5.50. The van der Waals surface area contributed by atoms with Crippen LogP contribution in [0.5, 0.6) is 0 Å². The van der Waals surface area contributed by atoms with E-state index >= 15 is 0 Å². The van der Waals surface area contributed by atoms with Crippen molar-refractivity contribution in [2.24, 2.45) is 5.73 Å². The topological polar surface area (TPSA) is 50.9 Å². The maximum atomic E-state index is 14.0. The van der Waals surface area contributed by atoms with Crippen molar-refractivity contribution in [3.63, 3.8) is 0 Å². The molecule has 0 spiro atoms. The summed E-state index contributed by atoms with van der Waals surface area (Å²) in [5.74, 6) is -1.13. The van der Waals surface area contributed by atoms with E-state index in [1.165, 1.54) is 18.3 Å². The van der Waals surface area contributed by atoms with Crippen LogP contribution in [-0.2, 0) is 0 Å². The molecule has 3 nitrogen and oxygen atoms in total. The quantitative estimate of drug-likeness (QED) is 0.852. The molecule has 0 amide bonds. The second-order valence-electron chi connectivity index (χ2n) is 4.39. The molecule has 6 heteroatoms. The van der Waals surface area contributed by atoms with Crippen LogP contribution in [0.4, 0.5) is 20.3 Å². The average Bonchev–Trinajstić information content (AvgIpc) is 2.39. The normalized spacial score (nSPS) is 10.4. The first-order valence-corrected chi connectivity index (χ1v) is 6.29. The van der Waals surface area contributed by atoms with Crippen molar-refractivity contribution in [1.29, 1.82) is 0 Å². The minimum absolute atomic E-state index is 0.117. The van der Waals surface area contributed by atoms with Crippen LogP contribution in [0.15, 0.2) is 24.4 Å². The maximum absolute atomic E-state index is 14.0. The van der Waals surface area contributed by atoms with Crippen molar-refractivity contribution in [2.75, 3.05) is 5.32 Å². The highest BCUT2D eigenvalue weighted by Crippen LogP contribution is 2.27. The molecule has 1 aromatic heterocycles. The van der Waals surface area contributed by atoms with Crippen molar-refractivity contribution in [3.8, 4) is 0 Å². The van der Waals surface area contributed by atoms with Crippen LogP contribution in [0.25, 0.3) is 0 Å². The van der Waals surface area contributed by atoms with E-state index in [-0.39, 0.29) is 16.5 Å². The van der Waals surface area contributed by atoms with Gasteiger partial charge in [-0.3, -0.25) is 0 Å². The number of rotatable bonds is 3. The lowest BCUT2D eigenvalue weighted by atomic mass is 10.1. The minimum Gasteiger partial charge on any atom is -0.389 e. The van der Waals surface area contributed by atoms with Crippen molar-refractivity contribution in [2.45, 2.75) is 13.8 Å². The molecule has 0 fully saturated rings. The summed E-state index contributed by atoms with van der Waals surface area (Å²) < 4.78 is 27.7. The number of hydrogen-bond acceptors (Lipinski definition) is 3. The lowest BCUT2D eigenvalue weighted by Gasteiger charge is -2.14. The number of nitrogens with one attached hydrogen (secondary N) is 1. The van der Waals surface area contributed by atoms with Gasteiger partial charge in [-0.05, 0) is 37.1 Å². The molecule has 0 aliphatic rings. The lowest BCUT2D eigenvalue weighted by Crippen LogP contribution is -2.15. The molecule has 0 bridgehead atoms. The maximum Gasteiger partial charge on any atom is 0.152 e. The first-order chi connectivity index (χ1) is 9.41. The Balaban J connectivity index is 2.54. The summed E-state index contributed by atoms with van der Waals surface area (Å²) in [4.78, 5) is 4.17. The van der Waals surface area contributed by atoms with Crippen LogP contribution in [0, 0.1) is 25.5 Å². The van der Waals surface area contributed by atoms with Crippen LogP contribution in [-0.4, -0.2) is 9.97 Å². The fourth-order valence-electron chi connectivity index (χ4n) is 1.85. The van der Waals surface area contributed by atoms with Crippen molar-refractivity contribution >= 4 is 28.7 Å². The van der Waals surface area contributed by atoms with Gasteiger partial charge in [0.2, 0.25) is 0 Å². The number of nitrogens with two attached hydrogens (primary N) is 1. The largest absolute Gasteiger partial charge is 0.389 e.